The van der Waals surface area contributed by atoms with Gasteiger partial charge in [0.05, 0.1) is 0 Å². The fraction of sp³-hybridized carbons (Fsp3) is 0.0714. The molecule has 1 aromatic carbocycles. The Bertz CT molecular complexity index is 693. The van der Waals surface area contributed by atoms with E-state index in [1.54, 1.807) is 12.1 Å². The zero-order chi connectivity index (χ0) is 15.4. The maximum absolute atomic E-state index is 13.0. The molecule has 21 heavy (non-hydrogen) atoms. The third-order valence-corrected chi connectivity index (χ3v) is 3.03. The third kappa shape index (κ3) is 3.55. The Balaban J connectivity index is 2.27. The van der Waals surface area contributed by atoms with Crippen LogP contribution >= 0.6 is 11.6 Å². The summed E-state index contributed by atoms with van der Waals surface area (Å²) in [5.41, 5.74) is 0.0183. The quantitative estimate of drug-likeness (QED) is 0.850. The highest BCUT2D eigenvalue weighted by Gasteiger charge is 2.25. The van der Waals surface area contributed by atoms with Gasteiger partial charge in [-0.3, -0.25) is 4.79 Å². The SMILES string of the molecule is O=C(N[C@@H](C(=O)O)c1ccccc1Cl)c1cccc(F)n1. The minimum absolute atomic E-state index is 0.206. The van der Waals surface area contributed by atoms with E-state index in [2.05, 4.69) is 10.3 Å². The van der Waals surface area contributed by atoms with Crippen LogP contribution in [0.4, 0.5) is 4.39 Å². The van der Waals surface area contributed by atoms with Crippen molar-refractivity contribution in [2.24, 2.45) is 0 Å². The summed E-state index contributed by atoms with van der Waals surface area (Å²) in [5.74, 6) is -2.91. The molecular weight excluding hydrogens is 299 g/mol. The molecule has 0 radical (unpaired) electrons. The van der Waals surface area contributed by atoms with Gasteiger partial charge in [-0.15, -0.1) is 0 Å². The lowest BCUT2D eigenvalue weighted by Crippen LogP contribution is -2.34. The van der Waals surface area contributed by atoms with Crippen molar-refractivity contribution in [3.05, 3.63) is 64.7 Å². The van der Waals surface area contributed by atoms with Gasteiger partial charge in [0.25, 0.3) is 5.91 Å². The van der Waals surface area contributed by atoms with Crippen LogP contribution in [-0.2, 0) is 4.79 Å². The lowest BCUT2D eigenvalue weighted by atomic mass is 10.1. The van der Waals surface area contributed by atoms with Gasteiger partial charge >= 0.3 is 5.97 Å². The van der Waals surface area contributed by atoms with Crippen LogP contribution in [0.1, 0.15) is 22.1 Å². The molecule has 0 spiro atoms. The molecule has 5 nitrogen and oxygen atoms in total. The molecule has 7 heteroatoms. The Morgan fingerprint density at radius 3 is 2.52 bits per heavy atom. The molecule has 1 atom stereocenters. The van der Waals surface area contributed by atoms with Crippen LogP contribution in [0.3, 0.4) is 0 Å². The van der Waals surface area contributed by atoms with E-state index in [4.69, 9.17) is 11.6 Å². The Kier molecular flexibility index (Phi) is 4.49. The zero-order valence-electron chi connectivity index (χ0n) is 10.6. The average Bonchev–Trinajstić information content (AvgIpc) is 2.45. The smallest absolute Gasteiger partial charge is 0.330 e. The summed E-state index contributed by atoms with van der Waals surface area (Å²) in [6, 6.07) is 8.56. The van der Waals surface area contributed by atoms with Gasteiger partial charge in [0, 0.05) is 10.6 Å². The molecule has 108 valence electrons. The van der Waals surface area contributed by atoms with Gasteiger partial charge in [-0.05, 0) is 18.2 Å². The number of hydrogen-bond acceptors (Lipinski definition) is 3. The minimum Gasteiger partial charge on any atom is -0.479 e. The number of aromatic nitrogens is 1. The topological polar surface area (TPSA) is 79.3 Å². The van der Waals surface area contributed by atoms with E-state index in [0.717, 1.165) is 6.07 Å². The highest BCUT2D eigenvalue weighted by atomic mass is 35.5. The first-order valence-corrected chi connectivity index (χ1v) is 6.27. The van der Waals surface area contributed by atoms with Crippen molar-refractivity contribution in [3.8, 4) is 0 Å². The van der Waals surface area contributed by atoms with E-state index in [0.29, 0.717) is 0 Å². The molecule has 0 aliphatic rings. The molecule has 0 unspecified atom stereocenters. The molecule has 1 aromatic heterocycles. The van der Waals surface area contributed by atoms with Crippen LogP contribution in [0.5, 0.6) is 0 Å². The summed E-state index contributed by atoms with van der Waals surface area (Å²) in [6.45, 7) is 0. The first-order valence-electron chi connectivity index (χ1n) is 5.89. The predicted octanol–water partition coefficient (Wildman–Crippen LogP) is 2.43. The number of aliphatic carboxylic acids is 1. The number of carbonyl (C=O) groups is 2. The van der Waals surface area contributed by atoms with Crippen molar-refractivity contribution in [1.29, 1.82) is 0 Å². The van der Waals surface area contributed by atoms with E-state index in [1.807, 2.05) is 0 Å². The molecule has 2 aromatic rings. The molecular formula is C14H10ClFN2O3. The van der Waals surface area contributed by atoms with Crippen molar-refractivity contribution in [3.63, 3.8) is 0 Å². The van der Waals surface area contributed by atoms with Gasteiger partial charge < -0.3 is 10.4 Å². The van der Waals surface area contributed by atoms with Gasteiger partial charge in [-0.1, -0.05) is 35.9 Å². The molecule has 1 amide bonds. The summed E-state index contributed by atoms with van der Waals surface area (Å²) in [4.78, 5) is 26.7. The molecule has 2 rings (SSSR count). The molecule has 0 bridgehead atoms. The largest absolute Gasteiger partial charge is 0.479 e. The normalized spacial score (nSPS) is 11.7. The van der Waals surface area contributed by atoms with Gasteiger partial charge in [-0.25, -0.2) is 9.78 Å². The summed E-state index contributed by atoms with van der Waals surface area (Å²) in [7, 11) is 0. The second kappa shape index (κ2) is 6.32. The van der Waals surface area contributed by atoms with Crippen LogP contribution in [0.25, 0.3) is 0 Å². The molecule has 0 saturated heterocycles. The maximum Gasteiger partial charge on any atom is 0.330 e. The van der Waals surface area contributed by atoms with E-state index in [9.17, 15) is 19.1 Å². The highest BCUT2D eigenvalue weighted by Crippen LogP contribution is 2.23. The molecule has 0 saturated carbocycles. The number of carboxylic acid groups (broad SMARTS) is 1. The Hall–Kier alpha value is -2.47. The number of pyridine rings is 1. The highest BCUT2D eigenvalue weighted by molar-refractivity contribution is 6.31. The lowest BCUT2D eigenvalue weighted by Gasteiger charge is -2.15. The first-order chi connectivity index (χ1) is 9.99. The number of amides is 1. The first kappa shape index (κ1) is 14.9. The zero-order valence-corrected chi connectivity index (χ0v) is 11.3. The second-order valence-electron chi connectivity index (χ2n) is 4.11. The Labute approximate surface area is 124 Å². The number of nitrogens with zero attached hydrogens (tertiary/aromatic N) is 1. The van der Waals surface area contributed by atoms with Crippen LogP contribution in [0.15, 0.2) is 42.5 Å². The molecule has 2 N–H and O–H groups in total. The third-order valence-electron chi connectivity index (χ3n) is 2.69. The molecule has 1 heterocycles. The standard InChI is InChI=1S/C14H10ClFN2O3/c15-9-5-2-1-4-8(9)12(14(20)21)18-13(19)10-6-3-7-11(16)17-10/h1-7,12H,(H,18,19)(H,20,21)/t12-/m1/s1. The van der Waals surface area contributed by atoms with Crippen LogP contribution in [0.2, 0.25) is 5.02 Å². The number of nitrogens with one attached hydrogen (secondary N) is 1. The van der Waals surface area contributed by atoms with E-state index in [1.165, 1.54) is 24.3 Å². The molecule has 0 aliphatic heterocycles. The predicted molar refractivity (Wildman–Crippen MR) is 73.5 cm³/mol. The van der Waals surface area contributed by atoms with Gasteiger partial charge in [-0.2, -0.15) is 4.39 Å². The molecule has 0 fully saturated rings. The van der Waals surface area contributed by atoms with Crippen LogP contribution < -0.4 is 5.32 Å². The van der Waals surface area contributed by atoms with Crippen LogP contribution in [-0.4, -0.2) is 22.0 Å². The van der Waals surface area contributed by atoms with Crippen molar-refractivity contribution < 1.29 is 19.1 Å². The maximum atomic E-state index is 13.0. The minimum atomic E-state index is -1.35. The summed E-state index contributed by atoms with van der Waals surface area (Å²) < 4.78 is 13.0. The number of rotatable bonds is 4. The van der Waals surface area contributed by atoms with Gasteiger partial charge in [0.1, 0.15) is 5.69 Å². The van der Waals surface area contributed by atoms with Crippen molar-refractivity contribution in [2.75, 3.05) is 0 Å². The molecule has 0 aliphatic carbocycles. The number of benzene rings is 1. The van der Waals surface area contributed by atoms with E-state index >= 15 is 0 Å². The van der Waals surface area contributed by atoms with Gasteiger partial charge in [0.15, 0.2) is 6.04 Å². The summed E-state index contributed by atoms with van der Waals surface area (Å²) in [6.07, 6.45) is 0. The number of carboxylic acids is 1. The van der Waals surface area contributed by atoms with Crippen LogP contribution in [0, 0.1) is 5.95 Å². The monoisotopic (exact) mass is 308 g/mol. The van der Waals surface area contributed by atoms with E-state index in [-0.39, 0.29) is 16.3 Å². The van der Waals surface area contributed by atoms with Crippen molar-refractivity contribution >= 4 is 23.5 Å². The Morgan fingerprint density at radius 1 is 1.19 bits per heavy atom. The summed E-state index contributed by atoms with van der Waals surface area (Å²) in [5, 5.41) is 11.7. The Morgan fingerprint density at radius 2 is 1.90 bits per heavy atom. The number of carbonyl (C=O) groups excluding carboxylic acids is 1. The van der Waals surface area contributed by atoms with Gasteiger partial charge in [0.2, 0.25) is 5.95 Å². The number of halogens is 2. The fourth-order valence-corrected chi connectivity index (χ4v) is 1.97. The second-order valence-corrected chi connectivity index (χ2v) is 4.52. The fourth-order valence-electron chi connectivity index (χ4n) is 1.72. The van der Waals surface area contributed by atoms with Crippen molar-refractivity contribution in [2.45, 2.75) is 6.04 Å². The summed E-state index contributed by atoms with van der Waals surface area (Å²) >= 11 is 5.93. The average molecular weight is 309 g/mol. The lowest BCUT2D eigenvalue weighted by molar-refractivity contribution is -0.139. The number of hydrogen-bond donors (Lipinski definition) is 2. The van der Waals surface area contributed by atoms with Crippen molar-refractivity contribution in [1.82, 2.24) is 10.3 Å². The van der Waals surface area contributed by atoms with E-state index < -0.39 is 23.9 Å².